The lowest BCUT2D eigenvalue weighted by molar-refractivity contribution is -0.111. The van der Waals surface area contributed by atoms with Crippen molar-refractivity contribution in [3.05, 3.63) is 63.9 Å². The van der Waals surface area contributed by atoms with E-state index in [1.165, 1.54) is 18.3 Å². The third kappa shape index (κ3) is 3.81. The average molecular weight is 341 g/mol. The van der Waals surface area contributed by atoms with Crippen molar-refractivity contribution in [2.45, 2.75) is 20.5 Å². The molecule has 0 unspecified atom stereocenters. The molecule has 124 valence electrons. The maximum atomic E-state index is 11.8. The first-order valence-corrected chi connectivity index (χ1v) is 8.26. The standard InChI is InChI=1S/C19H19NO3S/c1-4-17(13(3)22)19-18(12(2)20)15(11-24-19)10-23-16-7-5-6-14(8-16)9-21/h4-9,11H,2,10,20H2,1,3H3/b17-4-. The monoisotopic (exact) mass is 341 g/mol. The molecule has 0 radical (unpaired) electrons. The zero-order valence-corrected chi connectivity index (χ0v) is 14.5. The van der Waals surface area contributed by atoms with Crippen LogP contribution in [0.3, 0.4) is 0 Å². The maximum absolute atomic E-state index is 11.8. The summed E-state index contributed by atoms with van der Waals surface area (Å²) < 4.78 is 5.76. The van der Waals surface area contributed by atoms with Crippen molar-refractivity contribution in [2.24, 2.45) is 5.73 Å². The molecule has 0 amide bonds. The second-order valence-corrected chi connectivity index (χ2v) is 6.11. The van der Waals surface area contributed by atoms with Crippen molar-refractivity contribution in [3.8, 4) is 5.75 Å². The number of Topliss-reactive ketones (excluding diaryl/α,β-unsaturated/α-hetero) is 1. The fraction of sp³-hybridized carbons (Fsp3) is 0.158. The number of aldehydes is 1. The number of ketones is 1. The van der Waals surface area contributed by atoms with Gasteiger partial charge >= 0.3 is 0 Å². The lowest BCUT2D eigenvalue weighted by Crippen LogP contribution is -2.05. The summed E-state index contributed by atoms with van der Waals surface area (Å²) >= 11 is 1.44. The van der Waals surface area contributed by atoms with Gasteiger partial charge in [-0.05, 0) is 31.4 Å². The fourth-order valence-electron chi connectivity index (χ4n) is 2.38. The Morgan fingerprint density at radius 2 is 2.17 bits per heavy atom. The highest BCUT2D eigenvalue weighted by Gasteiger charge is 2.18. The second-order valence-electron chi connectivity index (χ2n) is 5.23. The molecule has 1 aromatic heterocycles. The molecule has 0 atom stereocenters. The molecule has 2 rings (SSSR count). The van der Waals surface area contributed by atoms with Crippen molar-refractivity contribution in [2.75, 3.05) is 0 Å². The minimum atomic E-state index is -0.0204. The highest BCUT2D eigenvalue weighted by Crippen LogP contribution is 2.33. The number of rotatable bonds is 7. The lowest BCUT2D eigenvalue weighted by atomic mass is 10.0. The van der Waals surface area contributed by atoms with Crippen LogP contribution in [-0.2, 0) is 11.4 Å². The first kappa shape index (κ1) is 17.7. The van der Waals surface area contributed by atoms with Gasteiger partial charge in [-0.2, -0.15) is 0 Å². The quantitative estimate of drug-likeness (QED) is 0.609. The molecule has 0 saturated carbocycles. The summed E-state index contributed by atoms with van der Waals surface area (Å²) in [5.74, 6) is 0.576. The molecular formula is C19H19NO3S. The van der Waals surface area contributed by atoms with E-state index in [1.807, 2.05) is 12.3 Å². The molecule has 0 spiro atoms. The van der Waals surface area contributed by atoms with Crippen LogP contribution in [-0.4, -0.2) is 12.1 Å². The van der Waals surface area contributed by atoms with E-state index in [9.17, 15) is 9.59 Å². The molecule has 5 heteroatoms. The molecule has 0 bridgehead atoms. The smallest absolute Gasteiger partial charge is 0.160 e. The number of hydrogen-bond donors (Lipinski definition) is 1. The minimum absolute atomic E-state index is 0.0204. The Morgan fingerprint density at radius 3 is 2.75 bits per heavy atom. The number of hydrogen-bond acceptors (Lipinski definition) is 5. The Hall–Kier alpha value is -2.66. The van der Waals surface area contributed by atoms with Gasteiger partial charge < -0.3 is 10.5 Å². The van der Waals surface area contributed by atoms with Crippen LogP contribution < -0.4 is 10.5 Å². The molecule has 1 aromatic carbocycles. The van der Waals surface area contributed by atoms with Crippen LogP contribution in [0.4, 0.5) is 0 Å². The van der Waals surface area contributed by atoms with Crippen molar-refractivity contribution in [3.63, 3.8) is 0 Å². The van der Waals surface area contributed by atoms with Crippen LogP contribution in [0.5, 0.6) is 5.75 Å². The molecular weight excluding hydrogens is 322 g/mol. The van der Waals surface area contributed by atoms with Gasteiger partial charge in [0.1, 0.15) is 18.6 Å². The Bertz CT molecular complexity index is 818. The van der Waals surface area contributed by atoms with Crippen molar-refractivity contribution < 1.29 is 14.3 Å². The van der Waals surface area contributed by atoms with E-state index < -0.39 is 0 Å². The molecule has 0 aliphatic rings. The van der Waals surface area contributed by atoms with Crippen LogP contribution in [0.15, 0.2) is 42.3 Å². The van der Waals surface area contributed by atoms with Crippen LogP contribution in [0.25, 0.3) is 11.3 Å². The van der Waals surface area contributed by atoms with E-state index in [0.29, 0.717) is 22.6 Å². The van der Waals surface area contributed by atoms with Gasteiger partial charge in [-0.3, -0.25) is 9.59 Å². The molecule has 0 saturated heterocycles. The molecule has 4 nitrogen and oxygen atoms in total. The third-order valence-electron chi connectivity index (χ3n) is 3.49. The number of benzene rings is 1. The van der Waals surface area contributed by atoms with Gasteiger partial charge in [0.25, 0.3) is 0 Å². The molecule has 24 heavy (non-hydrogen) atoms. The van der Waals surface area contributed by atoms with Gasteiger partial charge in [0, 0.05) is 32.8 Å². The minimum Gasteiger partial charge on any atom is -0.489 e. The Balaban J connectivity index is 2.31. The van der Waals surface area contributed by atoms with E-state index >= 15 is 0 Å². The normalized spacial score (nSPS) is 11.2. The Kier molecular flexibility index (Phi) is 5.71. The Morgan fingerprint density at radius 1 is 1.42 bits per heavy atom. The molecule has 2 aromatic rings. The van der Waals surface area contributed by atoms with Crippen molar-refractivity contribution >= 4 is 34.7 Å². The van der Waals surface area contributed by atoms with Gasteiger partial charge in [0.15, 0.2) is 5.78 Å². The molecule has 0 fully saturated rings. The van der Waals surface area contributed by atoms with Gasteiger partial charge in [-0.15, -0.1) is 11.3 Å². The second kappa shape index (κ2) is 7.75. The zero-order valence-electron chi connectivity index (χ0n) is 13.7. The van der Waals surface area contributed by atoms with Crippen molar-refractivity contribution in [1.82, 2.24) is 0 Å². The van der Waals surface area contributed by atoms with E-state index in [-0.39, 0.29) is 12.4 Å². The summed E-state index contributed by atoms with van der Waals surface area (Å²) in [6.45, 7) is 7.45. The number of ether oxygens (including phenoxy) is 1. The Labute approximate surface area is 145 Å². The van der Waals surface area contributed by atoms with E-state index in [1.54, 1.807) is 30.3 Å². The SMILES string of the molecule is C=C(N)c1c(COc2cccc(C=O)c2)csc1/C(=C\C)C(C)=O. The molecule has 0 aliphatic heterocycles. The highest BCUT2D eigenvalue weighted by molar-refractivity contribution is 7.12. The van der Waals surface area contributed by atoms with E-state index in [0.717, 1.165) is 22.3 Å². The first-order valence-electron chi connectivity index (χ1n) is 7.38. The van der Waals surface area contributed by atoms with Crippen LogP contribution in [0.1, 0.15) is 40.2 Å². The maximum Gasteiger partial charge on any atom is 0.160 e. The predicted molar refractivity (Wildman–Crippen MR) is 98.0 cm³/mol. The summed E-state index contributed by atoms with van der Waals surface area (Å²) in [7, 11) is 0. The number of thiophene rings is 1. The van der Waals surface area contributed by atoms with Gasteiger partial charge in [0.2, 0.25) is 0 Å². The van der Waals surface area contributed by atoms with Gasteiger partial charge in [-0.1, -0.05) is 24.8 Å². The van der Waals surface area contributed by atoms with Crippen LogP contribution in [0, 0.1) is 0 Å². The topological polar surface area (TPSA) is 69.4 Å². The number of nitrogens with two attached hydrogens (primary N) is 1. The fourth-order valence-corrected chi connectivity index (χ4v) is 3.60. The molecule has 2 N–H and O–H groups in total. The largest absolute Gasteiger partial charge is 0.489 e. The van der Waals surface area contributed by atoms with Crippen molar-refractivity contribution in [1.29, 1.82) is 0 Å². The van der Waals surface area contributed by atoms with Crippen LogP contribution in [0.2, 0.25) is 0 Å². The summed E-state index contributed by atoms with van der Waals surface area (Å²) in [4.78, 5) is 23.4. The van der Waals surface area contributed by atoms with E-state index in [4.69, 9.17) is 10.5 Å². The molecule has 0 aliphatic carbocycles. The number of allylic oxidation sites excluding steroid dienone is 2. The number of carbonyl (C=O) groups excluding carboxylic acids is 2. The first-order chi connectivity index (χ1) is 11.5. The average Bonchev–Trinajstić information content (AvgIpc) is 2.97. The van der Waals surface area contributed by atoms with E-state index in [2.05, 4.69) is 6.58 Å². The lowest BCUT2D eigenvalue weighted by Gasteiger charge is -2.10. The van der Waals surface area contributed by atoms with Gasteiger partial charge in [-0.25, -0.2) is 0 Å². The number of carbonyl (C=O) groups is 2. The van der Waals surface area contributed by atoms with Crippen LogP contribution >= 0.6 is 11.3 Å². The summed E-state index contributed by atoms with van der Waals surface area (Å²) in [6.07, 6.45) is 2.55. The summed E-state index contributed by atoms with van der Waals surface area (Å²) in [6, 6.07) is 6.92. The summed E-state index contributed by atoms with van der Waals surface area (Å²) in [5.41, 5.74) is 9.11. The highest BCUT2D eigenvalue weighted by atomic mass is 32.1. The zero-order chi connectivity index (χ0) is 17.7. The molecule has 1 heterocycles. The summed E-state index contributed by atoms with van der Waals surface area (Å²) in [5, 5.41) is 1.92. The third-order valence-corrected chi connectivity index (χ3v) is 4.55. The van der Waals surface area contributed by atoms with Gasteiger partial charge in [0.05, 0.1) is 0 Å². The predicted octanol–water partition coefficient (Wildman–Crippen LogP) is 4.06.